The van der Waals surface area contributed by atoms with Crippen molar-refractivity contribution >= 4 is 18.0 Å². The molecule has 2 heterocycles. The van der Waals surface area contributed by atoms with Crippen molar-refractivity contribution in [2.45, 2.75) is 104 Å². The van der Waals surface area contributed by atoms with E-state index in [4.69, 9.17) is 14.5 Å². The lowest BCUT2D eigenvalue weighted by Gasteiger charge is -2.41. The molecule has 210 valence electrons. The van der Waals surface area contributed by atoms with Crippen LogP contribution < -0.4 is 10.6 Å². The zero-order valence-electron chi connectivity index (χ0n) is 24.1. The molecule has 3 rings (SSSR count). The molecule has 0 bridgehead atoms. The molecule has 3 aliphatic rings. The van der Waals surface area contributed by atoms with Gasteiger partial charge >= 0.3 is 12.2 Å². The van der Waals surface area contributed by atoms with Gasteiger partial charge in [-0.2, -0.15) is 0 Å². The number of alkyl carbamates (subject to hydrolysis) is 1. The Bertz CT molecular complexity index is 850. The molecule has 2 N–H and O–H groups in total. The maximum Gasteiger partial charge on any atom is 0.410 e. The van der Waals surface area contributed by atoms with E-state index in [9.17, 15) is 9.59 Å². The average Bonchev–Trinajstić information content (AvgIpc) is 2.80. The molecule has 3 unspecified atom stereocenters. The van der Waals surface area contributed by atoms with Gasteiger partial charge in [0.1, 0.15) is 17.0 Å². The molecule has 2 fully saturated rings. The van der Waals surface area contributed by atoms with E-state index in [0.717, 1.165) is 57.6 Å². The first-order chi connectivity index (χ1) is 17.3. The molecule has 9 nitrogen and oxygen atoms in total. The van der Waals surface area contributed by atoms with E-state index in [0.29, 0.717) is 37.6 Å². The lowest BCUT2D eigenvalue weighted by atomic mass is 9.79. The molecule has 1 saturated heterocycles. The van der Waals surface area contributed by atoms with Gasteiger partial charge in [0.2, 0.25) is 0 Å². The quantitative estimate of drug-likeness (QED) is 0.507. The Kier molecular flexibility index (Phi) is 9.89. The number of carbonyl (C=O) groups excluding carboxylic acids is 2. The summed E-state index contributed by atoms with van der Waals surface area (Å²) in [5.41, 5.74) is 0.386. The van der Waals surface area contributed by atoms with Crippen LogP contribution in [-0.2, 0) is 9.47 Å². The maximum absolute atomic E-state index is 12.4. The second kappa shape index (κ2) is 12.5. The van der Waals surface area contributed by atoms with E-state index >= 15 is 0 Å². The molecule has 0 spiro atoms. The molecule has 37 heavy (non-hydrogen) atoms. The second-order valence-corrected chi connectivity index (χ2v) is 12.4. The summed E-state index contributed by atoms with van der Waals surface area (Å²) < 4.78 is 10.8. The Labute approximate surface area is 223 Å². The van der Waals surface area contributed by atoms with Gasteiger partial charge in [-0.25, -0.2) is 9.59 Å². The number of amidine groups is 1. The number of hydrogen-bond acceptors (Lipinski definition) is 7. The van der Waals surface area contributed by atoms with Crippen molar-refractivity contribution < 1.29 is 19.1 Å². The monoisotopic (exact) mass is 519 g/mol. The average molecular weight is 520 g/mol. The number of dihydropyridines is 1. The predicted molar refractivity (Wildman–Crippen MR) is 147 cm³/mol. The Morgan fingerprint density at radius 2 is 1.68 bits per heavy atom. The van der Waals surface area contributed by atoms with Gasteiger partial charge in [0.25, 0.3) is 0 Å². The van der Waals surface area contributed by atoms with Gasteiger partial charge in [0.15, 0.2) is 0 Å². The normalized spacial score (nSPS) is 24.6. The van der Waals surface area contributed by atoms with Crippen LogP contribution >= 0.6 is 0 Å². The van der Waals surface area contributed by atoms with Gasteiger partial charge < -0.3 is 29.9 Å². The van der Waals surface area contributed by atoms with Gasteiger partial charge in [0.05, 0.1) is 6.04 Å². The predicted octanol–water partition coefficient (Wildman–Crippen LogP) is 4.33. The molecular weight excluding hydrogens is 470 g/mol. The molecule has 0 radical (unpaired) electrons. The summed E-state index contributed by atoms with van der Waals surface area (Å²) in [6, 6.07) is 0.812. The highest BCUT2D eigenvalue weighted by Crippen LogP contribution is 2.34. The van der Waals surface area contributed by atoms with E-state index in [2.05, 4.69) is 28.5 Å². The molecule has 0 aromatic rings. The van der Waals surface area contributed by atoms with Crippen molar-refractivity contribution in [2.75, 3.05) is 39.3 Å². The minimum absolute atomic E-state index is 0.226. The van der Waals surface area contributed by atoms with E-state index in [-0.39, 0.29) is 12.2 Å². The summed E-state index contributed by atoms with van der Waals surface area (Å²) in [7, 11) is 0. The third kappa shape index (κ3) is 9.20. The summed E-state index contributed by atoms with van der Waals surface area (Å²) in [6.07, 6.45) is 7.00. The maximum atomic E-state index is 12.4. The van der Waals surface area contributed by atoms with Crippen LogP contribution in [0.4, 0.5) is 9.59 Å². The van der Waals surface area contributed by atoms with Crippen LogP contribution in [0.25, 0.3) is 0 Å². The van der Waals surface area contributed by atoms with E-state index < -0.39 is 11.2 Å². The number of amides is 2. The van der Waals surface area contributed by atoms with Crippen molar-refractivity contribution in [2.24, 2.45) is 10.9 Å². The molecular formula is C28H49N5O4. The number of aliphatic imine (C=N–C) groups is 1. The molecule has 2 aliphatic heterocycles. The number of fused-ring (bicyclic) bond motifs is 1. The van der Waals surface area contributed by atoms with E-state index in [1.54, 1.807) is 0 Å². The summed E-state index contributed by atoms with van der Waals surface area (Å²) in [5.74, 6) is 1.60. The van der Waals surface area contributed by atoms with Gasteiger partial charge in [-0.3, -0.25) is 4.99 Å². The fourth-order valence-corrected chi connectivity index (χ4v) is 5.17. The summed E-state index contributed by atoms with van der Waals surface area (Å²) >= 11 is 0. The minimum Gasteiger partial charge on any atom is -0.444 e. The summed E-state index contributed by atoms with van der Waals surface area (Å²) in [5, 5.41) is 6.51. The fraction of sp³-hybridized carbons (Fsp3) is 0.821. The fourth-order valence-electron chi connectivity index (χ4n) is 5.17. The standard InChI is InChI=1S/C28H49N5O4/c1-8-20-18-21-19-22(29-12-9-13-30-25(34)36-27(2,3)4)10-11-23(21)31-24(20)32-14-16-33(17-15-32)26(35)37-28(5,6)7/h18,21-23,29H,8-17,19H2,1-7H3,(H,30,34). The van der Waals surface area contributed by atoms with Crippen molar-refractivity contribution in [3.05, 3.63) is 11.6 Å². The lowest BCUT2D eigenvalue weighted by Crippen LogP contribution is -2.53. The molecule has 0 aromatic heterocycles. The molecule has 1 aliphatic carbocycles. The summed E-state index contributed by atoms with van der Waals surface area (Å²) in [4.78, 5) is 33.6. The highest BCUT2D eigenvalue weighted by molar-refractivity contribution is 5.99. The number of carbonyl (C=O) groups is 2. The van der Waals surface area contributed by atoms with Gasteiger partial charge in [-0.1, -0.05) is 13.0 Å². The first kappa shape index (κ1) is 29.3. The number of ether oxygens (including phenoxy) is 2. The molecule has 3 atom stereocenters. The number of nitrogens with one attached hydrogen (secondary N) is 2. The third-order valence-corrected chi connectivity index (χ3v) is 6.92. The molecule has 2 amide bonds. The Balaban J connectivity index is 1.44. The van der Waals surface area contributed by atoms with Crippen LogP contribution in [0.1, 0.15) is 80.6 Å². The first-order valence-corrected chi connectivity index (χ1v) is 14.1. The highest BCUT2D eigenvalue weighted by atomic mass is 16.6. The largest absolute Gasteiger partial charge is 0.444 e. The molecule has 1 saturated carbocycles. The van der Waals surface area contributed by atoms with Crippen LogP contribution in [0.15, 0.2) is 16.6 Å². The Morgan fingerprint density at radius 3 is 2.30 bits per heavy atom. The zero-order valence-corrected chi connectivity index (χ0v) is 24.1. The van der Waals surface area contributed by atoms with Crippen LogP contribution in [-0.4, -0.2) is 90.4 Å². The minimum atomic E-state index is -0.473. The number of piperazine rings is 1. The lowest BCUT2D eigenvalue weighted by molar-refractivity contribution is 0.0186. The van der Waals surface area contributed by atoms with Gasteiger partial charge in [-0.15, -0.1) is 0 Å². The topological polar surface area (TPSA) is 95.5 Å². The first-order valence-electron chi connectivity index (χ1n) is 14.1. The van der Waals surface area contributed by atoms with E-state index in [1.807, 2.05) is 46.4 Å². The van der Waals surface area contributed by atoms with Crippen LogP contribution in [0, 0.1) is 5.92 Å². The Morgan fingerprint density at radius 1 is 1.00 bits per heavy atom. The third-order valence-electron chi connectivity index (χ3n) is 6.92. The number of rotatable bonds is 6. The van der Waals surface area contributed by atoms with Crippen molar-refractivity contribution in [3.63, 3.8) is 0 Å². The van der Waals surface area contributed by atoms with Crippen LogP contribution in [0.3, 0.4) is 0 Å². The number of hydrogen-bond donors (Lipinski definition) is 2. The Hall–Kier alpha value is -2.29. The SMILES string of the molecule is CCC1=CC2CC(NCCCNC(=O)OC(C)(C)C)CCC2N=C1N1CCN(C(=O)OC(C)(C)C)CC1. The van der Waals surface area contributed by atoms with Crippen LogP contribution in [0.5, 0.6) is 0 Å². The molecule has 9 heteroatoms. The van der Waals surface area contributed by atoms with Crippen molar-refractivity contribution in [1.82, 2.24) is 20.4 Å². The number of nitrogens with zero attached hydrogens (tertiary/aromatic N) is 3. The van der Waals surface area contributed by atoms with E-state index in [1.165, 1.54) is 5.57 Å². The van der Waals surface area contributed by atoms with Gasteiger partial charge in [-0.05, 0) is 85.8 Å². The summed E-state index contributed by atoms with van der Waals surface area (Å²) in [6.45, 7) is 17.9. The van der Waals surface area contributed by atoms with Crippen molar-refractivity contribution in [1.29, 1.82) is 0 Å². The molecule has 0 aromatic carbocycles. The second-order valence-electron chi connectivity index (χ2n) is 12.4. The van der Waals surface area contributed by atoms with Crippen LogP contribution in [0.2, 0.25) is 0 Å². The van der Waals surface area contributed by atoms with Crippen molar-refractivity contribution in [3.8, 4) is 0 Å². The highest BCUT2D eigenvalue weighted by Gasteiger charge is 2.35. The zero-order chi connectivity index (χ0) is 27.2. The smallest absolute Gasteiger partial charge is 0.410 e. The van der Waals surface area contributed by atoms with Gasteiger partial charge in [0, 0.05) is 44.7 Å².